The van der Waals surface area contributed by atoms with E-state index in [2.05, 4.69) is 6.08 Å². The Balaban J connectivity index is 2.46. The van der Waals surface area contributed by atoms with Crippen molar-refractivity contribution in [1.82, 2.24) is 0 Å². The first-order chi connectivity index (χ1) is 7.80. The van der Waals surface area contributed by atoms with Crippen LogP contribution in [0.25, 0.3) is 0 Å². The van der Waals surface area contributed by atoms with E-state index in [1.54, 1.807) is 21.3 Å². The van der Waals surface area contributed by atoms with Gasteiger partial charge in [0.25, 0.3) is 0 Å². The van der Waals surface area contributed by atoms with Gasteiger partial charge < -0.3 is 14.2 Å². The van der Waals surface area contributed by atoms with Crippen molar-refractivity contribution in [3.63, 3.8) is 0 Å². The molecule has 0 aliphatic heterocycles. The highest BCUT2D eigenvalue weighted by Crippen LogP contribution is 2.35. The summed E-state index contributed by atoms with van der Waals surface area (Å²) in [6.45, 7) is 0. The quantitative estimate of drug-likeness (QED) is 0.782. The van der Waals surface area contributed by atoms with Crippen LogP contribution >= 0.6 is 0 Å². The van der Waals surface area contributed by atoms with Crippen molar-refractivity contribution in [2.24, 2.45) is 0 Å². The van der Waals surface area contributed by atoms with E-state index in [1.165, 1.54) is 11.1 Å². The Bertz CT molecular complexity index is 421. The molecule has 0 unspecified atom stereocenters. The lowest BCUT2D eigenvalue weighted by Gasteiger charge is -2.21. The van der Waals surface area contributed by atoms with Crippen molar-refractivity contribution in [3.05, 3.63) is 35.1 Å². The van der Waals surface area contributed by atoms with Crippen LogP contribution in [0.5, 0.6) is 11.5 Å². The Labute approximate surface area is 95.6 Å². The molecule has 0 bridgehead atoms. The molecule has 0 amide bonds. The molecule has 1 aromatic carbocycles. The zero-order chi connectivity index (χ0) is 11.5. The number of methoxy groups -OCH3 is 3. The molecule has 0 atom stereocenters. The Morgan fingerprint density at radius 2 is 1.50 bits per heavy atom. The molecule has 0 spiro atoms. The van der Waals surface area contributed by atoms with Gasteiger partial charge in [-0.15, -0.1) is 0 Å². The van der Waals surface area contributed by atoms with E-state index in [0.717, 1.165) is 30.1 Å². The number of hydrogen-bond acceptors (Lipinski definition) is 3. The maximum Gasteiger partial charge on any atom is 0.123 e. The summed E-state index contributed by atoms with van der Waals surface area (Å²) < 4.78 is 16.0. The number of ether oxygens (including phenoxy) is 3. The van der Waals surface area contributed by atoms with E-state index in [4.69, 9.17) is 14.2 Å². The highest BCUT2D eigenvalue weighted by Gasteiger charge is 2.19. The molecular formula is C13H16O3. The van der Waals surface area contributed by atoms with E-state index >= 15 is 0 Å². The second-order valence-corrected chi connectivity index (χ2v) is 3.68. The SMILES string of the molecule is COC1=CCc2c(OC)ccc(OC)c2C1. The lowest BCUT2D eigenvalue weighted by atomic mass is 9.94. The van der Waals surface area contributed by atoms with Crippen LogP contribution < -0.4 is 9.47 Å². The maximum atomic E-state index is 5.37. The molecule has 0 saturated carbocycles. The topological polar surface area (TPSA) is 27.7 Å². The lowest BCUT2D eigenvalue weighted by molar-refractivity contribution is 0.277. The fraction of sp³-hybridized carbons (Fsp3) is 0.385. The zero-order valence-electron chi connectivity index (χ0n) is 9.87. The van der Waals surface area contributed by atoms with E-state index in [1.807, 2.05) is 12.1 Å². The molecule has 2 rings (SSSR count). The fourth-order valence-electron chi connectivity index (χ4n) is 2.07. The molecule has 1 aliphatic carbocycles. The van der Waals surface area contributed by atoms with Crippen LogP contribution in [0.2, 0.25) is 0 Å². The van der Waals surface area contributed by atoms with Gasteiger partial charge in [-0.3, -0.25) is 0 Å². The molecule has 0 aromatic heterocycles. The van der Waals surface area contributed by atoms with Gasteiger partial charge in [-0.1, -0.05) is 0 Å². The van der Waals surface area contributed by atoms with Gasteiger partial charge in [0.1, 0.15) is 11.5 Å². The van der Waals surface area contributed by atoms with Gasteiger partial charge in [-0.25, -0.2) is 0 Å². The highest BCUT2D eigenvalue weighted by molar-refractivity contribution is 5.52. The molecular weight excluding hydrogens is 204 g/mol. The minimum Gasteiger partial charge on any atom is -0.501 e. The van der Waals surface area contributed by atoms with Crippen molar-refractivity contribution in [2.45, 2.75) is 12.8 Å². The highest BCUT2D eigenvalue weighted by atomic mass is 16.5. The zero-order valence-corrected chi connectivity index (χ0v) is 9.87. The summed E-state index contributed by atoms with van der Waals surface area (Å²) in [4.78, 5) is 0. The summed E-state index contributed by atoms with van der Waals surface area (Å²) in [5.74, 6) is 2.81. The van der Waals surface area contributed by atoms with Crippen molar-refractivity contribution < 1.29 is 14.2 Å². The number of fused-ring (bicyclic) bond motifs is 1. The molecule has 16 heavy (non-hydrogen) atoms. The molecule has 1 aliphatic rings. The van der Waals surface area contributed by atoms with Gasteiger partial charge in [0, 0.05) is 17.5 Å². The van der Waals surface area contributed by atoms with Gasteiger partial charge in [0.15, 0.2) is 0 Å². The van der Waals surface area contributed by atoms with Gasteiger partial charge >= 0.3 is 0 Å². The number of rotatable bonds is 3. The van der Waals surface area contributed by atoms with Crippen LogP contribution in [0.15, 0.2) is 24.0 Å². The van der Waals surface area contributed by atoms with Crippen LogP contribution in [0.4, 0.5) is 0 Å². The average molecular weight is 220 g/mol. The third-order valence-corrected chi connectivity index (χ3v) is 2.93. The molecule has 0 heterocycles. The molecule has 0 N–H and O–H groups in total. The van der Waals surface area contributed by atoms with Gasteiger partial charge in [-0.05, 0) is 24.6 Å². The van der Waals surface area contributed by atoms with E-state index < -0.39 is 0 Å². The molecule has 0 saturated heterocycles. The summed E-state index contributed by atoms with van der Waals surface area (Å²) in [7, 11) is 5.08. The van der Waals surface area contributed by atoms with Crippen LogP contribution in [0, 0.1) is 0 Å². The minimum absolute atomic E-state index is 0.770. The second-order valence-electron chi connectivity index (χ2n) is 3.68. The van der Waals surface area contributed by atoms with E-state index in [0.29, 0.717) is 0 Å². The number of hydrogen-bond donors (Lipinski definition) is 0. The van der Waals surface area contributed by atoms with Crippen molar-refractivity contribution in [3.8, 4) is 11.5 Å². The third kappa shape index (κ3) is 1.73. The van der Waals surface area contributed by atoms with Gasteiger partial charge in [-0.2, -0.15) is 0 Å². The molecule has 86 valence electrons. The minimum atomic E-state index is 0.770. The van der Waals surface area contributed by atoms with Crippen LogP contribution in [0.1, 0.15) is 11.1 Å². The third-order valence-electron chi connectivity index (χ3n) is 2.93. The normalized spacial score (nSPS) is 13.8. The first-order valence-corrected chi connectivity index (χ1v) is 5.26. The summed E-state index contributed by atoms with van der Waals surface area (Å²) in [6, 6.07) is 3.89. The van der Waals surface area contributed by atoms with Gasteiger partial charge in [0.2, 0.25) is 0 Å². The smallest absolute Gasteiger partial charge is 0.123 e. The second kappa shape index (κ2) is 4.47. The molecule has 1 aromatic rings. The summed E-state index contributed by atoms with van der Waals surface area (Å²) in [5, 5.41) is 0. The van der Waals surface area contributed by atoms with Crippen molar-refractivity contribution in [2.75, 3.05) is 21.3 Å². The fourth-order valence-corrected chi connectivity index (χ4v) is 2.07. The van der Waals surface area contributed by atoms with E-state index in [9.17, 15) is 0 Å². The predicted molar refractivity (Wildman–Crippen MR) is 62.0 cm³/mol. The van der Waals surface area contributed by atoms with E-state index in [-0.39, 0.29) is 0 Å². The molecule has 0 fully saturated rings. The molecule has 3 heteroatoms. The molecule has 0 radical (unpaired) electrons. The standard InChI is InChI=1S/C13H16O3/c1-14-9-4-5-10-11(8-9)13(16-3)7-6-12(10)15-2/h4,6-7H,5,8H2,1-3H3. The summed E-state index contributed by atoms with van der Waals surface area (Å²) in [6.07, 6.45) is 3.69. The summed E-state index contributed by atoms with van der Waals surface area (Å²) in [5.41, 5.74) is 2.36. The Morgan fingerprint density at radius 3 is 2.06 bits per heavy atom. The maximum absolute atomic E-state index is 5.37. The van der Waals surface area contributed by atoms with Crippen molar-refractivity contribution >= 4 is 0 Å². The Hall–Kier alpha value is -1.64. The number of allylic oxidation sites excluding steroid dienone is 2. The van der Waals surface area contributed by atoms with Crippen LogP contribution in [-0.4, -0.2) is 21.3 Å². The largest absolute Gasteiger partial charge is 0.501 e. The monoisotopic (exact) mass is 220 g/mol. The predicted octanol–water partition coefficient (Wildman–Crippen LogP) is 2.33. The number of benzene rings is 1. The lowest BCUT2D eigenvalue weighted by Crippen LogP contribution is -2.08. The van der Waals surface area contributed by atoms with Crippen molar-refractivity contribution in [1.29, 1.82) is 0 Å². The average Bonchev–Trinajstić information content (AvgIpc) is 2.36. The first kappa shape index (κ1) is 10.9. The molecule has 3 nitrogen and oxygen atoms in total. The first-order valence-electron chi connectivity index (χ1n) is 5.26. The van der Waals surface area contributed by atoms with Gasteiger partial charge in [0.05, 0.1) is 27.1 Å². The Kier molecular flexibility index (Phi) is 3.04. The van der Waals surface area contributed by atoms with Crippen LogP contribution in [-0.2, 0) is 17.6 Å². The summed E-state index contributed by atoms with van der Waals surface area (Å²) >= 11 is 0. The van der Waals surface area contributed by atoms with Crippen LogP contribution in [0.3, 0.4) is 0 Å². The Morgan fingerprint density at radius 1 is 0.875 bits per heavy atom.